The van der Waals surface area contributed by atoms with E-state index in [0.717, 1.165) is 10.0 Å². The number of hydrogen-bond donors (Lipinski definition) is 1. The molecule has 0 aliphatic heterocycles. The van der Waals surface area contributed by atoms with Crippen LogP contribution in [0.25, 0.3) is 0 Å². The summed E-state index contributed by atoms with van der Waals surface area (Å²) in [6, 6.07) is 3.20. The van der Waals surface area contributed by atoms with E-state index in [1.165, 1.54) is 6.07 Å². The van der Waals surface area contributed by atoms with Crippen molar-refractivity contribution in [2.24, 2.45) is 0 Å². The van der Waals surface area contributed by atoms with Gasteiger partial charge in [0.15, 0.2) is 0 Å². The highest BCUT2D eigenvalue weighted by Gasteiger charge is 2.13. The molecule has 0 bridgehead atoms. The van der Waals surface area contributed by atoms with E-state index in [0.29, 0.717) is 11.4 Å². The van der Waals surface area contributed by atoms with Crippen LogP contribution in [0.1, 0.15) is 22.8 Å². The molecule has 0 fully saturated rings. The number of carboxylic acids is 1. The van der Waals surface area contributed by atoms with E-state index in [1.54, 1.807) is 6.07 Å². The molecule has 0 atom stereocenters. The van der Waals surface area contributed by atoms with Gasteiger partial charge >= 0.3 is 5.97 Å². The number of rotatable bonds is 2. The highest BCUT2D eigenvalue weighted by Crippen LogP contribution is 2.28. The molecule has 70 valence electrons. The van der Waals surface area contributed by atoms with Crippen molar-refractivity contribution in [2.45, 2.75) is 13.3 Å². The number of aromatic carboxylic acids is 1. The molecule has 4 heteroatoms. The fraction of sp³-hybridized carbons (Fsp3) is 0.222. The van der Waals surface area contributed by atoms with Crippen molar-refractivity contribution in [1.82, 2.24) is 0 Å². The quantitative estimate of drug-likeness (QED) is 0.888. The molecule has 0 aliphatic rings. The maximum atomic E-state index is 10.7. The van der Waals surface area contributed by atoms with E-state index in [1.807, 2.05) is 6.92 Å². The minimum absolute atomic E-state index is 0.154. The molecule has 0 aromatic heterocycles. The largest absolute Gasteiger partial charge is 0.478 e. The van der Waals surface area contributed by atoms with Crippen LogP contribution >= 0.6 is 27.5 Å². The SMILES string of the molecule is CCc1c(Br)ccc(C(=O)O)c1Cl. The second-order valence-corrected chi connectivity index (χ2v) is 3.78. The summed E-state index contributed by atoms with van der Waals surface area (Å²) in [6.45, 7) is 1.93. The molecular weight excluding hydrogens is 255 g/mol. The van der Waals surface area contributed by atoms with E-state index in [2.05, 4.69) is 15.9 Å². The summed E-state index contributed by atoms with van der Waals surface area (Å²) in [4.78, 5) is 10.7. The number of carboxylic acid groups (broad SMARTS) is 1. The Labute approximate surface area is 89.7 Å². The van der Waals surface area contributed by atoms with Gasteiger partial charge < -0.3 is 5.11 Å². The summed E-state index contributed by atoms with van der Waals surface area (Å²) in [6.07, 6.45) is 0.709. The topological polar surface area (TPSA) is 37.3 Å². The zero-order chi connectivity index (χ0) is 10.0. The van der Waals surface area contributed by atoms with E-state index in [4.69, 9.17) is 16.7 Å². The first-order valence-electron chi connectivity index (χ1n) is 3.78. The van der Waals surface area contributed by atoms with E-state index < -0.39 is 5.97 Å². The monoisotopic (exact) mass is 262 g/mol. The molecule has 0 saturated heterocycles. The molecule has 1 aromatic carbocycles. The Morgan fingerprint density at radius 2 is 2.23 bits per heavy atom. The lowest BCUT2D eigenvalue weighted by Crippen LogP contribution is -2.00. The van der Waals surface area contributed by atoms with Gasteiger partial charge in [0.2, 0.25) is 0 Å². The zero-order valence-corrected chi connectivity index (χ0v) is 9.32. The summed E-state index contributed by atoms with van der Waals surface area (Å²) in [5.41, 5.74) is 0.989. The third-order valence-electron chi connectivity index (χ3n) is 1.77. The number of benzene rings is 1. The second-order valence-electron chi connectivity index (χ2n) is 2.55. The third kappa shape index (κ3) is 2.03. The standard InChI is InChI=1S/C9H8BrClO2/c1-2-5-7(10)4-3-6(8(5)11)9(12)13/h3-4H,2H2,1H3,(H,12,13). The Morgan fingerprint density at radius 3 is 2.69 bits per heavy atom. The highest BCUT2D eigenvalue weighted by molar-refractivity contribution is 9.10. The van der Waals surface area contributed by atoms with Gasteiger partial charge in [-0.15, -0.1) is 0 Å². The Hall–Kier alpha value is -0.540. The number of carbonyl (C=O) groups is 1. The van der Waals surface area contributed by atoms with Crippen LogP contribution < -0.4 is 0 Å². The van der Waals surface area contributed by atoms with Crippen LogP contribution in [0.3, 0.4) is 0 Å². The second kappa shape index (κ2) is 4.11. The average Bonchev–Trinajstić information content (AvgIpc) is 2.04. The summed E-state index contributed by atoms with van der Waals surface area (Å²) >= 11 is 9.21. The molecule has 0 aliphatic carbocycles. The van der Waals surface area contributed by atoms with Crippen LogP contribution in [-0.2, 0) is 6.42 Å². The third-order valence-corrected chi connectivity index (χ3v) is 2.94. The van der Waals surface area contributed by atoms with Gasteiger partial charge in [-0.1, -0.05) is 34.5 Å². The van der Waals surface area contributed by atoms with E-state index >= 15 is 0 Å². The van der Waals surface area contributed by atoms with Gasteiger partial charge in [-0.2, -0.15) is 0 Å². The van der Waals surface area contributed by atoms with Gasteiger partial charge in [-0.05, 0) is 24.1 Å². The van der Waals surface area contributed by atoms with Crippen molar-refractivity contribution < 1.29 is 9.90 Å². The average molecular weight is 264 g/mol. The Bertz CT molecular complexity index is 350. The number of hydrogen-bond acceptors (Lipinski definition) is 1. The van der Waals surface area contributed by atoms with Crippen LogP contribution in [0, 0.1) is 0 Å². The maximum absolute atomic E-state index is 10.7. The minimum atomic E-state index is -0.993. The lowest BCUT2D eigenvalue weighted by molar-refractivity contribution is 0.0697. The van der Waals surface area contributed by atoms with Gasteiger partial charge in [-0.3, -0.25) is 0 Å². The first-order chi connectivity index (χ1) is 6.07. The predicted molar refractivity (Wildman–Crippen MR) is 55.5 cm³/mol. The molecule has 13 heavy (non-hydrogen) atoms. The molecule has 0 radical (unpaired) electrons. The van der Waals surface area contributed by atoms with Gasteiger partial charge in [0, 0.05) is 4.47 Å². The van der Waals surface area contributed by atoms with Crippen LogP contribution in [0.15, 0.2) is 16.6 Å². The fourth-order valence-corrected chi connectivity index (χ4v) is 2.19. The zero-order valence-electron chi connectivity index (χ0n) is 6.97. The van der Waals surface area contributed by atoms with Crippen molar-refractivity contribution in [3.05, 3.63) is 32.8 Å². The molecule has 0 spiro atoms. The van der Waals surface area contributed by atoms with Crippen molar-refractivity contribution in [2.75, 3.05) is 0 Å². The summed E-state index contributed by atoms with van der Waals surface area (Å²) in [5.74, 6) is -0.993. The van der Waals surface area contributed by atoms with Gasteiger partial charge in [0.05, 0.1) is 10.6 Å². The van der Waals surface area contributed by atoms with Crippen molar-refractivity contribution >= 4 is 33.5 Å². The molecule has 0 saturated carbocycles. The maximum Gasteiger partial charge on any atom is 0.337 e. The smallest absolute Gasteiger partial charge is 0.337 e. The molecule has 1 aromatic rings. The summed E-state index contributed by atoms with van der Waals surface area (Å²) < 4.78 is 0.852. The summed E-state index contributed by atoms with van der Waals surface area (Å²) in [7, 11) is 0. The Morgan fingerprint density at radius 1 is 1.62 bits per heavy atom. The number of halogens is 2. The van der Waals surface area contributed by atoms with Crippen molar-refractivity contribution in [3.8, 4) is 0 Å². The van der Waals surface area contributed by atoms with Crippen LogP contribution in [0.5, 0.6) is 0 Å². The molecule has 0 heterocycles. The van der Waals surface area contributed by atoms with E-state index in [-0.39, 0.29) is 5.56 Å². The first-order valence-corrected chi connectivity index (χ1v) is 4.95. The fourth-order valence-electron chi connectivity index (χ4n) is 1.09. The van der Waals surface area contributed by atoms with Crippen molar-refractivity contribution in [1.29, 1.82) is 0 Å². The Kier molecular flexibility index (Phi) is 3.33. The van der Waals surface area contributed by atoms with Crippen LogP contribution in [-0.4, -0.2) is 11.1 Å². The molecule has 1 rings (SSSR count). The normalized spacial score (nSPS) is 10.1. The van der Waals surface area contributed by atoms with Gasteiger partial charge in [-0.25, -0.2) is 4.79 Å². The highest BCUT2D eigenvalue weighted by atomic mass is 79.9. The van der Waals surface area contributed by atoms with Gasteiger partial charge in [0.25, 0.3) is 0 Å². The molecule has 1 N–H and O–H groups in total. The lowest BCUT2D eigenvalue weighted by atomic mass is 10.1. The molecule has 2 nitrogen and oxygen atoms in total. The Balaban J connectivity index is 3.35. The minimum Gasteiger partial charge on any atom is -0.478 e. The van der Waals surface area contributed by atoms with Gasteiger partial charge in [0.1, 0.15) is 0 Å². The molecular formula is C9H8BrClO2. The van der Waals surface area contributed by atoms with Crippen LogP contribution in [0.4, 0.5) is 0 Å². The van der Waals surface area contributed by atoms with E-state index in [9.17, 15) is 4.79 Å². The first kappa shape index (κ1) is 10.5. The predicted octanol–water partition coefficient (Wildman–Crippen LogP) is 3.36. The summed E-state index contributed by atoms with van der Waals surface area (Å²) in [5, 5.41) is 9.10. The molecule has 0 amide bonds. The lowest BCUT2D eigenvalue weighted by Gasteiger charge is -2.06. The molecule has 0 unspecified atom stereocenters. The van der Waals surface area contributed by atoms with Crippen molar-refractivity contribution in [3.63, 3.8) is 0 Å². The van der Waals surface area contributed by atoms with Crippen LogP contribution in [0.2, 0.25) is 5.02 Å².